The summed E-state index contributed by atoms with van der Waals surface area (Å²) in [5.74, 6) is -0.531. The molecule has 0 fully saturated rings. The molecule has 88 valence electrons. The Hall–Kier alpha value is -1.30. The molecular formula is C9H18N2O4. The van der Waals surface area contributed by atoms with Gasteiger partial charge in [-0.3, -0.25) is 0 Å². The van der Waals surface area contributed by atoms with Crippen LogP contribution < -0.4 is 11.1 Å². The van der Waals surface area contributed by atoms with Gasteiger partial charge in [0.1, 0.15) is 6.04 Å². The summed E-state index contributed by atoms with van der Waals surface area (Å²) in [4.78, 5) is 21.7. The molecule has 0 aromatic rings. The van der Waals surface area contributed by atoms with Crippen LogP contribution in [0.5, 0.6) is 0 Å². The Labute approximate surface area is 88.8 Å². The summed E-state index contributed by atoms with van der Waals surface area (Å²) < 4.78 is 4.74. The zero-order chi connectivity index (χ0) is 11.7. The maximum Gasteiger partial charge on any atom is 0.405 e. The van der Waals surface area contributed by atoms with E-state index in [1.807, 2.05) is 0 Å². The van der Waals surface area contributed by atoms with Crippen molar-refractivity contribution in [1.29, 1.82) is 0 Å². The average Bonchev–Trinajstić information content (AvgIpc) is 2.16. The Bertz CT molecular complexity index is 208. The SMILES string of the molecule is CCOC(=O)[C@H](CCCCN)NC(=O)O. The van der Waals surface area contributed by atoms with Gasteiger partial charge in [0.15, 0.2) is 0 Å². The van der Waals surface area contributed by atoms with E-state index in [0.717, 1.165) is 6.42 Å². The zero-order valence-electron chi connectivity index (χ0n) is 8.86. The molecule has 0 heterocycles. The van der Waals surface area contributed by atoms with E-state index in [-0.39, 0.29) is 6.61 Å². The van der Waals surface area contributed by atoms with Crippen molar-refractivity contribution in [3.05, 3.63) is 0 Å². The number of unbranched alkanes of at least 4 members (excludes halogenated alkanes) is 1. The summed E-state index contributed by atoms with van der Waals surface area (Å²) in [7, 11) is 0. The zero-order valence-corrected chi connectivity index (χ0v) is 8.86. The van der Waals surface area contributed by atoms with Gasteiger partial charge in [-0.2, -0.15) is 0 Å². The van der Waals surface area contributed by atoms with Crippen LogP contribution in [-0.2, 0) is 9.53 Å². The molecule has 1 atom stereocenters. The normalized spacial score (nSPS) is 11.9. The first kappa shape index (κ1) is 13.7. The molecule has 0 spiro atoms. The lowest BCUT2D eigenvalue weighted by Crippen LogP contribution is -2.41. The first-order chi connectivity index (χ1) is 7.11. The van der Waals surface area contributed by atoms with Crippen LogP contribution in [0.1, 0.15) is 26.2 Å². The minimum atomic E-state index is -1.22. The highest BCUT2D eigenvalue weighted by molar-refractivity contribution is 5.80. The third-order valence-electron chi connectivity index (χ3n) is 1.82. The Morgan fingerprint density at radius 2 is 2.13 bits per heavy atom. The predicted octanol–water partition coefficient (Wildman–Crippen LogP) is 0.315. The van der Waals surface area contributed by atoms with Crippen LogP contribution in [-0.4, -0.2) is 36.4 Å². The van der Waals surface area contributed by atoms with E-state index in [9.17, 15) is 9.59 Å². The van der Waals surface area contributed by atoms with Crippen molar-refractivity contribution in [3.8, 4) is 0 Å². The highest BCUT2D eigenvalue weighted by Crippen LogP contribution is 2.02. The summed E-state index contributed by atoms with van der Waals surface area (Å²) in [5.41, 5.74) is 5.30. The van der Waals surface area contributed by atoms with Crippen LogP contribution in [0.4, 0.5) is 4.79 Å². The largest absolute Gasteiger partial charge is 0.465 e. The summed E-state index contributed by atoms with van der Waals surface area (Å²) in [6.07, 6.45) is 0.653. The van der Waals surface area contributed by atoms with Gasteiger partial charge in [0, 0.05) is 0 Å². The predicted molar refractivity (Wildman–Crippen MR) is 54.5 cm³/mol. The lowest BCUT2D eigenvalue weighted by Gasteiger charge is -2.14. The molecule has 0 saturated heterocycles. The molecule has 15 heavy (non-hydrogen) atoms. The van der Waals surface area contributed by atoms with E-state index in [2.05, 4.69) is 5.32 Å². The van der Waals surface area contributed by atoms with Crippen LogP contribution in [0.3, 0.4) is 0 Å². The molecule has 0 bridgehead atoms. The average molecular weight is 218 g/mol. The minimum Gasteiger partial charge on any atom is -0.465 e. The quantitative estimate of drug-likeness (QED) is 0.422. The van der Waals surface area contributed by atoms with Crippen LogP contribution in [0.2, 0.25) is 0 Å². The van der Waals surface area contributed by atoms with E-state index >= 15 is 0 Å². The number of ether oxygens (including phenoxy) is 1. The molecular weight excluding hydrogens is 200 g/mol. The smallest absolute Gasteiger partial charge is 0.405 e. The van der Waals surface area contributed by atoms with Crippen molar-refractivity contribution in [3.63, 3.8) is 0 Å². The van der Waals surface area contributed by atoms with Crippen LogP contribution in [0, 0.1) is 0 Å². The van der Waals surface area contributed by atoms with Gasteiger partial charge in [-0.25, -0.2) is 9.59 Å². The lowest BCUT2D eigenvalue weighted by atomic mass is 10.1. The maximum absolute atomic E-state index is 11.3. The first-order valence-electron chi connectivity index (χ1n) is 4.98. The molecule has 0 aliphatic carbocycles. The Morgan fingerprint density at radius 3 is 2.60 bits per heavy atom. The number of rotatable bonds is 7. The van der Waals surface area contributed by atoms with Gasteiger partial charge >= 0.3 is 12.1 Å². The molecule has 0 aliphatic rings. The standard InChI is InChI=1S/C9H18N2O4/c1-2-15-8(12)7(11-9(13)14)5-3-4-6-10/h7,11H,2-6,10H2,1H3,(H,13,14)/t7-/m0/s1. The molecule has 0 rings (SSSR count). The highest BCUT2D eigenvalue weighted by Gasteiger charge is 2.20. The van der Waals surface area contributed by atoms with E-state index in [0.29, 0.717) is 19.4 Å². The van der Waals surface area contributed by atoms with Gasteiger partial charge in [-0.1, -0.05) is 0 Å². The van der Waals surface area contributed by atoms with Crippen molar-refractivity contribution >= 4 is 12.1 Å². The maximum atomic E-state index is 11.3. The van der Waals surface area contributed by atoms with Crippen molar-refractivity contribution in [2.24, 2.45) is 5.73 Å². The molecule has 4 N–H and O–H groups in total. The summed E-state index contributed by atoms with van der Waals surface area (Å²) in [6.45, 7) is 2.45. The van der Waals surface area contributed by atoms with Gasteiger partial charge < -0.3 is 20.9 Å². The number of esters is 1. The van der Waals surface area contributed by atoms with Crippen LogP contribution >= 0.6 is 0 Å². The molecule has 0 radical (unpaired) electrons. The van der Waals surface area contributed by atoms with Crippen molar-refractivity contribution in [2.75, 3.05) is 13.2 Å². The number of carbonyl (C=O) groups is 2. The second-order valence-corrected chi connectivity index (χ2v) is 3.04. The number of nitrogens with one attached hydrogen (secondary N) is 1. The Morgan fingerprint density at radius 1 is 1.47 bits per heavy atom. The van der Waals surface area contributed by atoms with Gasteiger partial charge in [-0.05, 0) is 32.7 Å². The Kier molecular flexibility index (Phi) is 7.35. The van der Waals surface area contributed by atoms with Gasteiger partial charge in [0.2, 0.25) is 0 Å². The lowest BCUT2D eigenvalue weighted by molar-refractivity contribution is -0.145. The molecule has 6 nitrogen and oxygen atoms in total. The third kappa shape index (κ3) is 6.73. The number of amides is 1. The van der Waals surface area contributed by atoms with Crippen molar-refractivity contribution < 1.29 is 19.4 Å². The summed E-state index contributed by atoms with van der Waals surface area (Å²) >= 11 is 0. The van der Waals surface area contributed by atoms with E-state index < -0.39 is 18.1 Å². The molecule has 0 aliphatic heterocycles. The molecule has 6 heteroatoms. The van der Waals surface area contributed by atoms with Crippen molar-refractivity contribution in [2.45, 2.75) is 32.2 Å². The summed E-state index contributed by atoms with van der Waals surface area (Å²) in [5, 5.41) is 10.6. The van der Waals surface area contributed by atoms with Gasteiger partial charge in [-0.15, -0.1) is 0 Å². The number of hydrogen-bond donors (Lipinski definition) is 3. The molecule has 0 aromatic carbocycles. The highest BCUT2D eigenvalue weighted by atomic mass is 16.5. The number of hydrogen-bond acceptors (Lipinski definition) is 4. The van der Waals surface area contributed by atoms with E-state index in [4.69, 9.17) is 15.6 Å². The summed E-state index contributed by atoms with van der Waals surface area (Å²) in [6, 6.07) is -0.783. The Balaban J connectivity index is 4.05. The fraction of sp³-hybridized carbons (Fsp3) is 0.778. The van der Waals surface area contributed by atoms with Gasteiger partial charge in [0.05, 0.1) is 6.61 Å². The molecule has 0 aromatic heterocycles. The molecule has 0 unspecified atom stereocenters. The van der Waals surface area contributed by atoms with Gasteiger partial charge in [0.25, 0.3) is 0 Å². The monoisotopic (exact) mass is 218 g/mol. The van der Waals surface area contributed by atoms with E-state index in [1.165, 1.54) is 0 Å². The fourth-order valence-electron chi connectivity index (χ4n) is 1.13. The second kappa shape index (κ2) is 8.05. The molecule has 0 saturated carbocycles. The van der Waals surface area contributed by atoms with Crippen LogP contribution in [0.25, 0.3) is 0 Å². The van der Waals surface area contributed by atoms with Crippen molar-refractivity contribution in [1.82, 2.24) is 5.32 Å². The van der Waals surface area contributed by atoms with E-state index in [1.54, 1.807) is 6.92 Å². The second-order valence-electron chi connectivity index (χ2n) is 3.04. The molecule has 1 amide bonds. The van der Waals surface area contributed by atoms with Crippen LogP contribution in [0.15, 0.2) is 0 Å². The first-order valence-corrected chi connectivity index (χ1v) is 4.98. The number of nitrogens with two attached hydrogens (primary N) is 1. The minimum absolute atomic E-state index is 0.244. The number of carbonyl (C=O) groups excluding carboxylic acids is 1. The third-order valence-corrected chi connectivity index (χ3v) is 1.82. The number of carboxylic acid groups (broad SMARTS) is 1. The fourth-order valence-corrected chi connectivity index (χ4v) is 1.13. The topological polar surface area (TPSA) is 102 Å².